The number of carbonyl (C=O) groups excluding carboxylic acids is 1. The van der Waals surface area contributed by atoms with Crippen molar-refractivity contribution in [3.63, 3.8) is 0 Å². The summed E-state index contributed by atoms with van der Waals surface area (Å²) in [6, 6.07) is 17.8. The second-order valence-electron chi connectivity index (χ2n) is 10.1. The molecule has 1 atom stereocenters. The van der Waals surface area contributed by atoms with E-state index in [0.29, 0.717) is 43.5 Å². The Bertz CT molecular complexity index is 1640. The molecule has 0 aliphatic carbocycles. The third-order valence-electron chi connectivity index (χ3n) is 6.99. The average Bonchev–Trinajstić information content (AvgIpc) is 2.99. The van der Waals surface area contributed by atoms with Crippen molar-refractivity contribution in [3.8, 4) is 11.5 Å². The zero-order valence-corrected chi connectivity index (χ0v) is 25.0. The first-order valence-corrected chi connectivity index (χ1v) is 16.4. The molecular weight excluding hydrogens is 582 g/mol. The first-order valence-electron chi connectivity index (χ1n) is 13.5. The molecule has 2 heterocycles. The molecule has 3 aromatic carbocycles. The molecule has 13 heteroatoms. The highest BCUT2D eigenvalue weighted by Gasteiger charge is 2.37. The van der Waals surface area contributed by atoms with Gasteiger partial charge in [0, 0.05) is 13.1 Å². The highest BCUT2D eigenvalue weighted by molar-refractivity contribution is 7.92. The van der Waals surface area contributed by atoms with Gasteiger partial charge in [0.05, 0.1) is 41.8 Å². The smallest absolute Gasteiger partial charge is 0.264 e. The highest BCUT2D eigenvalue weighted by atomic mass is 32.2. The van der Waals surface area contributed by atoms with E-state index in [2.05, 4.69) is 5.32 Å². The maximum Gasteiger partial charge on any atom is 0.264 e. The number of fused-ring (bicyclic) bond motifs is 1. The summed E-state index contributed by atoms with van der Waals surface area (Å²) >= 11 is 0. The number of anilines is 1. The lowest BCUT2D eigenvalue weighted by Crippen LogP contribution is -2.51. The molecule has 3 aromatic rings. The number of carbonyl (C=O) groups is 1. The normalized spacial score (nSPS) is 17.7. The quantitative estimate of drug-likeness (QED) is 0.364. The molecule has 1 unspecified atom stereocenters. The molecule has 2 aliphatic rings. The van der Waals surface area contributed by atoms with Crippen molar-refractivity contribution in [2.45, 2.75) is 29.7 Å². The van der Waals surface area contributed by atoms with Gasteiger partial charge >= 0.3 is 0 Å². The van der Waals surface area contributed by atoms with Crippen LogP contribution in [0.25, 0.3) is 0 Å². The molecule has 0 radical (unpaired) electrons. The Morgan fingerprint density at radius 3 is 2.19 bits per heavy atom. The minimum atomic E-state index is -3.96. The van der Waals surface area contributed by atoms with Crippen LogP contribution >= 0.6 is 0 Å². The van der Waals surface area contributed by atoms with Gasteiger partial charge in [-0.05, 0) is 67.9 Å². The van der Waals surface area contributed by atoms with Crippen molar-refractivity contribution in [1.29, 1.82) is 0 Å². The number of benzene rings is 3. The van der Waals surface area contributed by atoms with Gasteiger partial charge in [0.1, 0.15) is 18.1 Å². The Morgan fingerprint density at radius 1 is 0.881 bits per heavy atom. The summed E-state index contributed by atoms with van der Waals surface area (Å²) in [6.07, 6.45) is -1.08. The third kappa shape index (κ3) is 6.38. The lowest BCUT2D eigenvalue weighted by atomic mass is 10.1. The van der Waals surface area contributed by atoms with Crippen LogP contribution in [-0.2, 0) is 29.6 Å². The molecule has 0 spiro atoms. The van der Waals surface area contributed by atoms with Gasteiger partial charge in [-0.3, -0.25) is 9.10 Å². The predicted molar refractivity (Wildman–Crippen MR) is 156 cm³/mol. The highest BCUT2D eigenvalue weighted by Crippen LogP contribution is 2.37. The molecule has 5 rings (SSSR count). The number of nitrogens with one attached hydrogen (secondary N) is 1. The van der Waals surface area contributed by atoms with Gasteiger partial charge < -0.3 is 19.5 Å². The molecule has 224 valence electrons. The minimum absolute atomic E-state index is 0.106. The van der Waals surface area contributed by atoms with Crippen LogP contribution in [0, 0.1) is 13.8 Å². The lowest BCUT2D eigenvalue weighted by Gasteiger charge is -2.35. The number of aryl methyl sites for hydroxylation is 2. The molecule has 42 heavy (non-hydrogen) atoms. The van der Waals surface area contributed by atoms with Gasteiger partial charge in [-0.1, -0.05) is 23.8 Å². The van der Waals surface area contributed by atoms with Gasteiger partial charge in [-0.2, -0.15) is 4.31 Å². The fourth-order valence-electron chi connectivity index (χ4n) is 4.66. The van der Waals surface area contributed by atoms with E-state index in [1.165, 1.54) is 20.7 Å². The van der Waals surface area contributed by atoms with Crippen molar-refractivity contribution in [1.82, 2.24) is 9.62 Å². The number of amides is 1. The van der Waals surface area contributed by atoms with Gasteiger partial charge in [0.2, 0.25) is 10.0 Å². The van der Waals surface area contributed by atoms with Crippen molar-refractivity contribution in [2.24, 2.45) is 0 Å². The molecule has 0 bridgehead atoms. The summed E-state index contributed by atoms with van der Waals surface area (Å²) < 4.78 is 72.2. The van der Waals surface area contributed by atoms with Crippen molar-refractivity contribution in [3.05, 3.63) is 77.9 Å². The van der Waals surface area contributed by atoms with Crippen LogP contribution in [0.15, 0.2) is 76.5 Å². The topological polar surface area (TPSA) is 132 Å². The molecule has 1 saturated heterocycles. The number of morpholine rings is 1. The Kier molecular flexibility index (Phi) is 8.73. The average molecular weight is 616 g/mol. The number of nitrogens with zero attached hydrogens (tertiary/aromatic N) is 2. The summed E-state index contributed by atoms with van der Waals surface area (Å²) in [6.45, 7) is 5.12. The van der Waals surface area contributed by atoms with Gasteiger partial charge in [0.15, 0.2) is 6.10 Å². The summed E-state index contributed by atoms with van der Waals surface area (Å²) in [5.41, 5.74) is 2.16. The first kappa shape index (κ1) is 29.8. The molecule has 1 fully saturated rings. The van der Waals surface area contributed by atoms with Crippen molar-refractivity contribution >= 4 is 31.6 Å². The Balaban J connectivity index is 1.20. The molecule has 0 aromatic heterocycles. The number of rotatable bonds is 9. The molecule has 1 amide bonds. The van der Waals surface area contributed by atoms with Crippen LogP contribution in [-0.4, -0.2) is 79.2 Å². The fourth-order valence-corrected chi connectivity index (χ4v) is 7.55. The number of ether oxygens (including phenoxy) is 3. The lowest BCUT2D eigenvalue weighted by molar-refractivity contribution is -0.127. The zero-order valence-electron chi connectivity index (χ0n) is 23.4. The summed E-state index contributed by atoms with van der Waals surface area (Å²) in [5.74, 6) is 0.265. The monoisotopic (exact) mass is 615 g/mol. The summed E-state index contributed by atoms with van der Waals surface area (Å²) in [4.78, 5) is 13.4. The van der Waals surface area contributed by atoms with Gasteiger partial charge in [0.25, 0.3) is 15.9 Å². The number of hydrogen-bond acceptors (Lipinski definition) is 8. The van der Waals surface area contributed by atoms with Crippen LogP contribution in [0.4, 0.5) is 5.69 Å². The summed E-state index contributed by atoms with van der Waals surface area (Å²) in [7, 11) is -7.56. The van der Waals surface area contributed by atoms with E-state index in [9.17, 15) is 21.6 Å². The molecular formula is C29H33N3O8S2. The molecule has 1 N–H and O–H groups in total. The molecule has 2 aliphatic heterocycles. The van der Waals surface area contributed by atoms with Crippen molar-refractivity contribution in [2.75, 3.05) is 50.3 Å². The zero-order chi connectivity index (χ0) is 29.9. The van der Waals surface area contributed by atoms with E-state index in [1.54, 1.807) is 54.6 Å². The molecule has 0 saturated carbocycles. The largest absolute Gasteiger partial charge is 0.492 e. The van der Waals surface area contributed by atoms with E-state index in [4.69, 9.17) is 14.2 Å². The van der Waals surface area contributed by atoms with E-state index < -0.39 is 32.1 Å². The van der Waals surface area contributed by atoms with Crippen LogP contribution in [0.3, 0.4) is 0 Å². The minimum Gasteiger partial charge on any atom is -0.492 e. The second kappa shape index (κ2) is 12.3. The van der Waals surface area contributed by atoms with Crippen LogP contribution in [0.1, 0.15) is 11.1 Å². The third-order valence-corrected chi connectivity index (χ3v) is 10.7. The Morgan fingerprint density at radius 2 is 1.50 bits per heavy atom. The Labute approximate surface area is 246 Å². The van der Waals surface area contributed by atoms with E-state index in [1.807, 2.05) is 13.8 Å². The van der Waals surface area contributed by atoms with Crippen molar-refractivity contribution < 1.29 is 35.8 Å². The number of sulfonamides is 2. The van der Waals surface area contributed by atoms with E-state index in [-0.39, 0.29) is 29.5 Å². The Hall–Kier alpha value is -3.65. The van der Waals surface area contributed by atoms with E-state index >= 15 is 0 Å². The summed E-state index contributed by atoms with van der Waals surface area (Å²) in [5, 5.41) is 2.74. The standard InChI is InChI=1S/C29H33N3O8S2/c1-21-3-8-25(9-4-21)42(36,37)32-20-28(40-27-19-22(2)5-12-26(27)32)29(33)30-13-16-39-23-6-10-24(11-7-23)41(34,35)31-14-17-38-18-15-31/h3-12,19,28H,13-18,20H2,1-2H3,(H,30,33). The van der Waals surface area contributed by atoms with Crippen LogP contribution < -0.4 is 19.1 Å². The van der Waals surface area contributed by atoms with Crippen LogP contribution in [0.5, 0.6) is 11.5 Å². The van der Waals surface area contributed by atoms with Gasteiger partial charge in [-0.25, -0.2) is 16.8 Å². The second-order valence-corrected chi connectivity index (χ2v) is 13.9. The van der Waals surface area contributed by atoms with Crippen LogP contribution in [0.2, 0.25) is 0 Å². The maximum atomic E-state index is 13.6. The fraction of sp³-hybridized carbons (Fsp3) is 0.345. The van der Waals surface area contributed by atoms with Gasteiger partial charge in [-0.15, -0.1) is 0 Å². The SMILES string of the molecule is Cc1ccc(S(=O)(=O)N2CC(C(=O)NCCOc3ccc(S(=O)(=O)N4CCOCC4)cc3)Oc3cc(C)ccc32)cc1. The molecule has 11 nitrogen and oxygen atoms in total. The first-order chi connectivity index (χ1) is 20.1. The predicted octanol–water partition coefficient (Wildman–Crippen LogP) is 2.48. The maximum absolute atomic E-state index is 13.6. The van der Waals surface area contributed by atoms with E-state index in [0.717, 1.165) is 11.1 Å². The number of hydrogen-bond donors (Lipinski definition) is 1.